The third kappa shape index (κ3) is 12.4. The summed E-state index contributed by atoms with van der Waals surface area (Å²) in [4.78, 5) is 26.5. The Kier molecular flexibility index (Phi) is 15.1. The number of nitrogens with zero attached hydrogens (tertiary/aromatic N) is 1. The number of carbonyl (C=O) groups is 2. The van der Waals surface area contributed by atoms with E-state index in [0.717, 1.165) is 59.7 Å². The van der Waals surface area contributed by atoms with Crippen molar-refractivity contribution in [3.63, 3.8) is 0 Å². The van der Waals surface area contributed by atoms with Gasteiger partial charge in [-0.05, 0) is 92.2 Å². The standard InChI is InChI=1S/C44H55N5O8/c1-54-41-28-37(56-27-5-26-55-36-6-3-2-4-7-36)13-10-32(41)19-23-46-44(53)49-24-20-34(21-25-49)47-33-11-8-31(9-12-33)18-22-45-29-35(50)30-57-40-16-15-39(51)43-38(40)14-17-42(52)48-43/h2-4,6-13,15-16,28,34-35,45,47,50-51H,5,14,17-27,29-30H2,1H3,(H,46,53)(H,48,52)/t35-/m0/s1. The maximum Gasteiger partial charge on any atom is 0.317 e. The molecule has 6 rings (SSSR count). The van der Waals surface area contributed by atoms with Crippen molar-refractivity contribution >= 4 is 23.3 Å². The Morgan fingerprint density at radius 1 is 0.877 bits per heavy atom. The predicted molar refractivity (Wildman–Crippen MR) is 220 cm³/mol. The number of aliphatic hydroxyl groups is 1. The average Bonchev–Trinajstić information content (AvgIpc) is 3.23. The Morgan fingerprint density at radius 2 is 1.65 bits per heavy atom. The highest BCUT2D eigenvalue weighted by molar-refractivity contribution is 5.96. The van der Waals surface area contributed by atoms with E-state index in [9.17, 15) is 19.8 Å². The lowest BCUT2D eigenvalue weighted by Gasteiger charge is -2.33. The number of carbonyl (C=O) groups excluding carboxylic acids is 2. The van der Waals surface area contributed by atoms with Crippen molar-refractivity contribution in [2.45, 2.75) is 57.1 Å². The summed E-state index contributed by atoms with van der Waals surface area (Å²) in [7, 11) is 1.64. The highest BCUT2D eigenvalue weighted by Gasteiger charge is 2.24. The fourth-order valence-electron chi connectivity index (χ4n) is 6.95. The second-order valence-electron chi connectivity index (χ2n) is 14.3. The number of phenolic OH excluding ortho intramolecular Hbond substituents is 1. The number of urea groups is 1. The Morgan fingerprint density at radius 3 is 2.42 bits per heavy atom. The summed E-state index contributed by atoms with van der Waals surface area (Å²) >= 11 is 0. The fraction of sp³-hybridized carbons (Fsp3) is 0.409. The number of ether oxygens (including phenoxy) is 4. The quantitative estimate of drug-likeness (QED) is 0.0497. The number of hydrogen-bond acceptors (Lipinski definition) is 10. The van der Waals surface area contributed by atoms with Gasteiger partial charge in [0.25, 0.3) is 0 Å². The number of anilines is 2. The number of likely N-dealkylation sites (tertiary alicyclic amines) is 1. The molecule has 4 aromatic carbocycles. The van der Waals surface area contributed by atoms with Gasteiger partial charge >= 0.3 is 6.03 Å². The van der Waals surface area contributed by atoms with E-state index >= 15 is 0 Å². The van der Waals surface area contributed by atoms with Crippen LogP contribution in [0.4, 0.5) is 16.2 Å². The van der Waals surface area contributed by atoms with Gasteiger partial charge in [-0.2, -0.15) is 0 Å². The van der Waals surface area contributed by atoms with Gasteiger partial charge in [-0.25, -0.2) is 4.79 Å². The summed E-state index contributed by atoms with van der Waals surface area (Å²) in [6.07, 6.45) is 4.04. The number of amides is 3. The summed E-state index contributed by atoms with van der Waals surface area (Å²) < 4.78 is 23.1. The van der Waals surface area contributed by atoms with Crippen molar-refractivity contribution in [3.8, 4) is 28.7 Å². The number of nitrogens with one attached hydrogen (secondary N) is 4. The minimum absolute atomic E-state index is 0.0104. The minimum atomic E-state index is -0.715. The van der Waals surface area contributed by atoms with E-state index in [2.05, 4.69) is 45.5 Å². The molecule has 1 atom stereocenters. The van der Waals surface area contributed by atoms with Gasteiger partial charge in [0.05, 0.1) is 26.0 Å². The topological polar surface area (TPSA) is 163 Å². The van der Waals surface area contributed by atoms with Gasteiger partial charge in [0.1, 0.15) is 41.5 Å². The number of piperidine rings is 1. The molecule has 0 saturated carbocycles. The maximum atomic E-state index is 13.0. The van der Waals surface area contributed by atoms with Crippen molar-refractivity contribution < 1.29 is 38.7 Å². The zero-order valence-electron chi connectivity index (χ0n) is 32.6. The number of hydrogen-bond donors (Lipinski definition) is 6. The van der Waals surface area contributed by atoms with E-state index in [1.807, 2.05) is 53.4 Å². The Bertz CT molecular complexity index is 1890. The van der Waals surface area contributed by atoms with E-state index in [1.165, 1.54) is 11.6 Å². The Hall–Kier alpha value is -5.66. The summed E-state index contributed by atoms with van der Waals surface area (Å²) in [5, 5.41) is 33.2. The van der Waals surface area contributed by atoms with Crippen LogP contribution in [0.3, 0.4) is 0 Å². The van der Waals surface area contributed by atoms with Gasteiger partial charge in [0, 0.05) is 62.4 Å². The fourth-order valence-corrected chi connectivity index (χ4v) is 6.95. The monoisotopic (exact) mass is 781 g/mol. The molecule has 0 radical (unpaired) electrons. The molecule has 4 aromatic rings. The molecule has 304 valence electrons. The smallest absolute Gasteiger partial charge is 0.317 e. The molecule has 1 saturated heterocycles. The van der Waals surface area contributed by atoms with Crippen LogP contribution in [-0.4, -0.2) is 98.9 Å². The Labute approximate surface area is 334 Å². The summed E-state index contributed by atoms with van der Waals surface area (Å²) in [6, 6.07) is 27.3. The number of phenols is 1. The van der Waals surface area contributed by atoms with Gasteiger partial charge in [-0.15, -0.1) is 0 Å². The molecule has 3 amide bonds. The van der Waals surface area contributed by atoms with Crippen molar-refractivity contribution in [2.24, 2.45) is 0 Å². The molecule has 0 spiro atoms. The highest BCUT2D eigenvalue weighted by Crippen LogP contribution is 2.38. The van der Waals surface area contributed by atoms with Crippen LogP contribution in [0, 0.1) is 0 Å². The number of aliphatic hydroxyl groups excluding tert-OH is 1. The predicted octanol–water partition coefficient (Wildman–Crippen LogP) is 5.53. The van der Waals surface area contributed by atoms with E-state index in [-0.39, 0.29) is 30.3 Å². The van der Waals surface area contributed by atoms with Gasteiger partial charge in [0.15, 0.2) is 0 Å². The highest BCUT2D eigenvalue weighted by atomic mass is 16.5. The molecule has 0 aromatic heterocycles. The lowest BCUT2D eigenvalue weighted by Crippen LogP contribution is -2.47. The summed E-state index contributed by atoms with van der Waals surface area (Å²) in [5.41, 5.74) is 4.39. The third-order valence-electron chi connectivity index (χ3n) is 10.1. The Balaban J connectivity index is 0.819. The van der Waals surface area contributed by atoms with Crippen LogP contribution < -0.4 is 40.2 Å². The molecule has 2 aliphatic rings. The molecule has 0 bridgehead atoms. The van der Waals surface area contributed by atoms with Gasteiger partial charge in [-0.3, -0.25) is 4.79 Å². The first-order chi connectivity index (χ1) is 27.8. The van der Waals surface area contributed by atoms with E-state index < -0.39 is 6.10 Å². The zero-order valence-corrected chi connectivity index (χ0v) is 32.6. The summed E-state index contributed by atoms with van der Waals surface area (Å²) in [5.74, 6) is 2.76. The summed E-state index contributed by atoms with van der Waals surface area (Å²) in [6.45, 7) is 4.16. The molecule has 13 nitrogen and oxygen atoms in total. The van der Waals surface area contributed by atoms with Crippen LogP contribution >= 0.6 is 0 Å². The van der Waals surface area contributed by atoms with Crippen LogP contribution in [0.25, 0.3) is 0 Å². The van der Waals surface area contributed by atoms with Crippen LogP contribution in [0.2, 0.25) is 0 Å². The SMILES string of the molecule is COc1cc(OCCCOc2ccccc2)ccc1CCNC(=O)N1CCC(Nc2ccc(CCNC[C@H](O)COc3ccc(O)c4c3CCC(=O)N4)cc2)CC1. The van der Waals surface area contributed by atoms with Crippen molar-refractivity contribution in [3.05, 3.63) is 102 Å². The molecular formula is C44H55N5O8. The van der Waals surface area contributed by atoms with Gasteiger partial charge in [0.2, 0.25) is 5.91 Å². The second-order valence-corrected chi connectivity index (χ2v) is 14.3. The number of rotatable bonds is 20. The normalized spacial score (nSPS) is 14.6. The van der Waals surface area contributed by atoms with Gasteiger partial charge in [-0.1, -0.05) is 36.4 Å². The van der Waals surface area contributed by atoms with Crippen LogP contribution in [0.1, 0.15) is 42.4 Å². The molecule has 13 heteroatoms. The van der Waals surface area contributed by atoms with Crippen LogP contribution in [0.15, 0.2) is 84.9 Å². The molecule has 6 N–H and O–H groups in total. The van der Waals surface area contributed by atoms with Crippen molar-refractivity contribution in [1.29, 1.82) is 0 Å². The molecule has 0 unspecified atom stereocenters. The van der Waals surface area contributed by atoms with E-state index in [1.54, 1.807) is 13.2 Å². The lowest BCUT2D eigenvalue weighted by molar-refractivity contribution is -0.116. The average molecular weight is 782 g/mol. The van der Waals surface area contributed by atoms with E-state index in [0.29, 0.717) is 76.6 Å². The molecule has 57 heavy (non-hydrogen) atoms. The number of aromatic hydroxyl groups is 1. The third-order valence-corrected chi connectivity index (χ3v) is 10.1. The van der Waals surface area contributed by atoms with Crippen molar-refractivity contribution in [1.82, 2.24) is 15.5 Å². The first kappa shape index (κ1) is 41.0. The second kappa shape index (κ2) is 21.0. The minimum Gasteiger partial charge on any atom is -0.506 e. The number of benzene rings is 4. The molecule has 2 heterocycles. The number of methoxy groups -OCH3 is 1. The number of para-hydroxylation sites is 1. The molecule has 0 aliphatic carbocycles. The molecular weight excluding hydrogens is 727 g/mol. The van der Waals surface area contributed by atoms with Crippen molar-refractivity contribution in [2.75, 3.05) is 70.3 Å². The molecule has 1 fully saturated rings. The van der Waals surface area contributed by atoms with Crippen LogP contribution in [-0.2, 0) is 24.1 Å². The zero-order chi connectivity index (χ0) is 39.8. The first-order valence-corrected chi connectivity index (χ1v) is 19.9. The van der Waals surface area contributed by atoms with E-state index in [4.69, 9.17) is 18.9 Å². The lowest BCUT2D eigenvalue weighted by atomic mass is 10.0. The van der Waals surface area contributed by atoms with Crippen LogP contribution in [0.5, 0.6) is 28.7 Å². The molecule has 2 aliphatic heterocycles. The first-order valence-electron chi connectivity index (χ1n) is 19.9. The number of fused-ring (bicyclic) bond motifs is 1. The largest absolute Gasteiger partial charge is 0.506 e. The maximum absolute atomic E-state index is 13.0. The van der Waals surface area contributed by atoms with Gasteiger partial charge < -0.3 is 55.3 Å².